The highest BCUT2D eigenvalue weighted by atomic mass is 79.9. The maximum Gasteiger partial charge on any atom is 0.418 e. The second-order valence-electron chi connectivity index (χ2n) is 3.98. The Bertz CT molecular complexity index is 644. The third kappa shape index (κ3) is 4.19. The van der Waals surface area contributed by atoms with E-state index in [0.717, 1.165) is 10.5 Å². The van der Waals surface area contributed by atoms with Gasteiger partial charge in [0, 0.05) is 10.7 Å². The molecule has 1 aromatic carbocycles. The molecule has 0 bridgehead atoms. The van der Waals surface area contributed by atoms with Crippen molar-refractivity contribution in [1.82, 2.24) is 4.98 Å². The van der Waals surface area contributed by atoms with Gasteiger partial charge in [-0.2, -0.15) is 13.2 Å². The SMILES string of the molecule is O=C(Nc1ccc(Br)cn1)Nc1ccccc1C(F)(F)F. The van der Waals surface area contributed by atoms with Gasteiger partial charge in [-0.15, -0.1) is 0 Å². The number of para-hydroxylation sites is 1. The molecule has 1 aromatic heterocycles. The van der Waals surface area contributed by atoms with Crippen LogP contribution in [0.4, 0.5) is 29.5 Å². The maximum atomic E-state index is 12.8. The van der Waals surface area contributed by atoms with E-state index in [1.807, 2.05) is 0 Å². The van der Waals surface area contributed by atoms with Crippen LogP contribution in [-0.2, 0) is 6.18 Å². The molecule has 0 unspecified atom stereocenters. The molecular formula is C13H9BrF3N3O. The number of pyridine rings is 1. The van der Waals surface area contributed by atoms with Crippen molar-refractivity contribution in [3.8, 4) is 0 Å². The number of amides is 2. The number of hydrogen-bond donors (Lipinski definition) is 2. The molecule has 2 rings (SSSR count). The van der Waals surface area contributed by atoms with Crippen molar-refractivity contribution in [2.24, 2.45) is 0 Å². The molecule has 0 aliphatic carbocycles. The van der Waals surface area contributed by atoms with Gasteiger partial charge in [-0.1, -0.05) is 12.1 Å². The minimum absolute atomic E-state index is 0.222. The van der Waals surface area contributed by atoms with Gasteiger partial charge in [-0.25, -0.2) is 9.78 Å². The Kier molecular flexibility index (Phi) is 4.46. The van der Waals surface area contributed by atoms with Crippen LogP contribution >= 0.6 is 15.9 Å². The summed E-state index contributed by atoms with van der Waals surface area (Å²) in [6, 6.07) is 7.09. The first-order valence-electron chi connectivity index (χ1n) is 5.72. The third-order valence-electron chi connectivity index (χ3n) is 2.45. The average molecular weight is 360 g/mol. The summed E-state index contributed by atoms with van der Waals surface area (Å²) in [5, 5.41) is 4.51. The van der Waals surface area contributed by atoms with Crippen molar-refractivity contribution < 1.29 is 18.0 Å². The van der Waals surface area contributed by atoms with Crippen molar-refractivity contribution in [2.45, 2.75) is 6.18 Å². The van der Waals surface area contributed by atoms with Crippen LogP contribution in [0.3, 0.4) is 0 Å². The summed E-state index contributed by atoms with van der Waals surface area (Å²) in [5.41, 5.74) is -1.23. The number of anilines is 2. The molecule has 4 nitrogen and oxygen atoms in total. The van der Waals surface area contributed by atoms with Gasteiger partial charge < -0.3 is 5.32 Å². The number of carbonyl (C=O) groups excluding carboxylic acids is 1. The van der Waals surface area contributed by atoms with E-state index in [2.05, 4.69) is 31.5 Å². The van der Waals surface area contributed by atoms with E-state index >= 15 is 0 Å². The minimum Gasteiger partial charge on any atom is -0.307 e. The fourth-order valence-corrected chi connectivity index (χ4v) is 1.79. The Balaban J connectivity index is 2.11. The van der Waals surface area contributed by atoms with Crippen molar-refractivity contribution in [3.05, 3.63) is 52.6 Å². The van der Waals surface area contributed by atoms with Crippen molar-refractivity contribution in [2.75, 3.05) is 10.6 Å². The molecule has 0 saturated carbocycles. The molecule has 110 valence electrons. The first-order chi connectivity index (χ1) is 9.86. The van der Waals surface area contributed by atoms with Crippen LogP contribution in [-0.4, -0.2) is 11.0 Å². The number of carbonyl (C=O) groups is 1. The molecule has 2 amide bonds. The van der Waals surface area contributed by atoms with Gasteiger partial charge in [0.15, 0.2) is 0 Å². The smallest absolute Gasteiger partial charge is 0.307 e. The normalized spacial score (nSPS) is 11.0. The van der Waals surface area contributed by atoms with E-state index in [1.54, 1.807) is 6.07 Å². The molecule has 0 atom stereocenters. The first kappa shape index (κ1) is 15.3. The quantitative estimate of drug-likeness (QED) is 0.828. The molecule has 8 heteroatoms. The summed E-state index contributed by atoms with van der Waals surface area (Å²) in [6.45, 7) is 0. The molecular weight excluding hydrogens is 351 g/mol. The molecule has 2 aromatic rings. The van der Waals surface area contributed by atoms with Gasteiger partial charge in [-0.3, -0.25) is 5.32 Å². The summed E-state index contributed by atoms with van der Waals surface area (Å²) in [7, 11) is 0. The summed E-state index contributed by atoms with van der Waals surface area (Å²) in [6.07, 6.45) is -3.08. The predicted octanol–water partition coefficient (Wildman–Crippen LogP) is 4.51. The Hall–Kier alpha value is -2.09. The van der Waals surface area contributed by atoms with E-state index in [-0.39, 0.29) is 11.5 Å². The summed E-state index contributed by atoms with van der Waals surface area (Å²) < 4.78 is 39.1. The number of nitrogens with zero attached hydrogens (tertiary/aromatic N) is 1. The van der Waals surface area contributed by atoms with Gasteiger partial charge in [0.25, 0.3) is 0 Å². The Morgan fingerprint density at radius 3 is 2.43 bits per heavy atom. The molecule has 0 radical (unpaired) electrons. The lowest BCUT2D eigenvalue weighted by atomic mass is 10.1. The van der Waals surface area contributed by atoms with Crippen LogP contribution in [0, 0.1) is 0 Å². The standard InChI is InChI=1S/C13H9BrF3N3O/c14-8-5-6-11(18-7-8)20-12(21)19-10-4-2-1-3-9(10)13(15,16)17/h1-7H,(H2,18,19,20,21). The van der Waals surface area contributed by atoms with E-state index in [9.17, 15) is 18.0 Å². The van der Waals surface area contributed by atoms with E-state index in [1.165, 1.54) is 30.5 Å². The molecule has 0 spiro atoms. The number of rotatable bonds is 2. The zero-order valence-corrected chi connectivity index (χ0v) is 12.0. The van der Waals surface area contributed by atoms with Gasteiger partial charge in [0.05, 0.1) is 11.3 Å². The predicted molar refractivity (Wildman–Crippen MR) is 76.0 cm³/mol. The second kappa shape index (κ2) is 6.13. The topological polar surface area (TPSA) is 54.0 Å². The molecule has 1 heterocycles. The van der Waals surface area contributed by atoms with Crippen molar-refractivity contribution in [3.63, 3.8) is 0 Å². The maximum absolute atomic E-state index is 12.8. The highest BCUT2D eigenvalue weighted by molar-refractivity contribution is 9.10. The lowest BCUT2D eigenvalue weighted by molar-refractivity contribution is -0.136. The number of benzene rings is 1. The fraction of sp³-hybridized carbons (Fsp3) is 0.0769. The van der Waals surface area contributed by atoms with Gasteiger partial charge in [0.2, 0.25) is 0 Å². The van der Waals surface area contributed by atoms with Crippen molar-refractivity contribution in [1.29, 1.82) is 0 Å². The molecule has 0 aliphatic heterocycles. The van der Waals surface area contributed by atoms with Crippen LogP contribution < -0.4 is 10.6 Å². The molecule has 0 aliphatic rings. The van der Waals surface area contributed by atoms with Crippen LogP contribution in [0.25, 0.3) is 0 Å². The van der Waals surface area contributed by atoms with Gasteiger partial charge in [-0.05, 0) is 40.2 Å². The molecule has 0 fully saturated rings. The van der Waals surface area contributed by atoms with E-state index in [0.29, 0.717) is 0 Å². The Labute approximate surface area is 126 Å². The van der Waals surface area contributed by atoms with Crippen LogP contribution in [0.5, 0.6) is 0 Å². The lowest BCUT2D eigenvalue weighted by Gasteiger charge is -2.13. The number of aromatic nitrogens is 1. The fourth-order valence-electron chi connectivity index (χ4n) is 1.56. The number of urea groups is 1. The van der Waals surface area contributed by atoms with Crippen LogP contribution in [0.2, 0.25) is 0 Å². The second-order valence-corrected chi connectivity index (χ2v) is 4.90. The zero-order chi connectivity index (χ0) is 15.5. The third-order valence-corrected chi connectivity index (χ3v) is 2.92. The molecule has 0 saturated heterocycles. The average Bonchev–Trinajstić information content (AvgIpc) is 2.41. The summed E-state index contributed by atoms with van der Waals surface area (Å²) in [4.78, 5) is 15.6. The van der Waals surface area contributed by atoms with Gasteiger partial charge in [0.1, 0.15) is 5.82 Å². The number of halogens is 4. The lowest BCUT2D eigenvalue weighted by Crippen LogP contribution is -2.22. The summed E-state index contributed by atoms with van der Waals surface area (Å²) >= 11 is 3.18. The Morgan fingerprint density at radius 2 is 1.81 bits per heavy atom. The highest BCUT2D eigenvalue weighted by Gasteiger charge is 2.33. The number of nitrogens with one attached hydrogen (secondary N) is 2. The highest BCUT2D eigenvalue weighted by Crippen LogP contribution is 2.34. The summed E-state index contributed by atoms with van der Waals surface area (Å²) in [5.74, 6) is 0.222. The molecule has 2 N–H and O–H groups in total. The molecule has 21 heavy (non-hydrogen) atoms. The number of hydrogen-bond acceptors (Lipinski definition) is 2. The van der Waals surface area contributed by atoms with Crippen molar-refractivity contribution >= 4 is 33.5 Å². The van der Waals surface area contributed by atoms with Crippen LogP contribution in [0.15, 0.2) is 47.1 Å². The van der Waals surface area contributed by atoms with E-state index < -0.39 is 17.8 Å². The minimum atomic E-state index is -4.54. The van der Waals surface area contributed by atoms with Crippen LogP contribution in [0.1, 0.15) is 5.56 Å². The van der Waals surface area contributed by atoms with Gasteiger partial charge >= 0.3 is 12.2 Å². The number of alkyl halides is 3. The Morgan fingerprint density at radius 1 is 1.10 bits per heavy atom. The largest absolute Gasteiger partial charge is 0.418 e. The van der Waals surface area contributed by atoms with E-state index in [4.69, 9.17) is 0 Å². The first-order valence-corrected chi connectivity index (χ1v) is 6.51. The monoisotopic (exact) mass is 359 g/mol. The zero-order valence-electron chi connectivity index (χ0n) is 10.4.